The maximum absolute atomic E-state index is 3.30. The monoisotopic (exact) mass is 486 g/mol. The molecule has 1 aromatic heterocycles. The summed E-state index contributed by atoms with van der Waals surface area (Å²) >= 11 is 1.78. The fourth-order valence-electron chi connectivity index (χ4n) is 3.18. The topological polar surface area (TPSA) is 0 Å². The largest absolute Gasteiger partial charge is 4.00 e. The average molecular weight is 489 g/mol. The van der Waals surface area contributed by atoms with E-state index in [1.54, 1.807) is 11.3 Å². The molecule has 0 saturated heterocycles. The summed E-state index contributed by atoms with van der Waals surface area (Å²) in [6.45, 7) is 2.15. The van der Waals surface area contributed by atoms with Crippen LogP contribution < -0.4 is 24.8 Å². The number of hydrogen-bond acceptors (Lipinski definition) is 1. The SMILES string of the molecule is CC1[C-]=CC(c2cccs2)=C1.[Cl-].[Cl-].[Zr+4].[c-]1cccc2c1Cc1ccccc1-2. The van der Waals surface area contributed by atoms with Crippen LogP contribution >= 0.6 is 11.3 Å². The van der Waals surface area contributed by atoms with Gasteiger partial charge in [-0.3, -0.25) is 6.08 Å². The van der Waals surface area contributed by atoms with Crippen LogP contribution in [0, 0.1) is 18.1 Å². The Hall–Kier alpha value is -0.917. The van der Waals surface area contributed by atoms with Gasteiger partial charge in [0, 0.05) is 0 Å². The predicted molar refractivity (Wildman–Crippen MR) is 103 cm³/mol. The second-order valence-corrected chi connectivity index (χ2v) is 7.04. The molecule has 0 nitrogen and oxygen atoms in total. The minimum absolute atomic E-state index is 0. The summed E-state index contributed by atoms with van der Waals surface area (Å²) in [4.78, 5) is 1.35. The van der Waals surface area contributed by atoms with Crippen molar-refractivity contribution in [1.82, 2.24) is 0 Å². The first-order chi connectivity index (χ1) is 11.8. The van der Waals surface area contributed by atoms with Crippen LogP contribution in [0.15, 0.2) is 72.1 Å². The van der Waals surface area contributed by atoms with Gasteiger partial charge in [0.05, 0.1) is 0 Å². The van der Waals surface area contributed by atoms with E-state index in [4.69, 9.17) is 0 Å². The van der Waals surface area contributed by atoms with Crippen molar-refractivity contribution >= 4 is 16.9 Å². The van der Waals surface area contributed by atoms with Crippen molar-refractivity contribution in [2.45, 2.75) is 13.3 Å². The maximum Gasteiger partial charge on any atom is 4.00 e. The molecule has 1 atom stereocenters. The minimum atomic E-state index is 0. The number of halogens is 2. The van der Waals surface area contributed by atoms with Gasteiger partial charge in [0.15, 0.2) is 0 Å². The Morgan fingerprint density at radius 2 is 1.74 bits per heavy atom. The van der Waals surface area contributed by atoms with Crippen molar-refractivity contribution in [3.8, 4) is 11.1 Å². The average Bonchev–Trinajstić information content (AvgIpc) is 3.34. The Kier molecular flexibility index (Phi) is 9.98. The maximum atomic E-state index is 3.30. The van der Waals surface area contributed by atoms with Crippen molar-refractivity contribution in [2.75, 3.05) is 0 Å². The van der Waals surface area contributed by atoms with Crippen molar-refractivity contribution < 1.29 is 51.0 Å². The Bertz CT molecular complexity index is 870. The van der Waals surface area contributed by atoms with Gasteiger partial charge in [-0.05, 0) is 16.7 Å². The molecule has 0 spiro atoms. The molecule has 5 rings (SSSR count). The van der Waals surface area contributed by atoms with Gasteiger partial charge >= 0.3 is 26.2 Å². The fourth-order valence-corrected chi connectivity index (χ4v) is 3.90. The van der Waals surface area contributed by atoms with Gasteiger partial charge in [-0.15, -0.1) is 5.56 Å². The molecule has 0 aliphatic heterocycles. The number of benzene rings is 2. The first-order valence-electron chi connectivity index (χ1n) is 8.24. The molecule has 2 aromatic carbocycles. The summed E-state index contributed by atoms with van der Waals surface area (Å²) in [5.74, 6) is 0.493. The molecule has 0 fully saturated rings. The van der Waals surface area contributed by atoms with E-state index < -0.39 is 0 Å². The molecule has 0 saturated carbocycles. The third-order valence-corrected chi connectivity index (χ3v) is 5.27. The van der Waals surface area contributed by atoms with E-state index in [9.17, 15) is 0 Å². The van der Waals surface area contributed by atoms with Gasteiger partial charge in [0.1, 0.15) is 0 Å². The van der Waals surface area contributed by atoms with Gasteiger partial charge in [-0.2, -0.15) is 52.8 Å². The van der Waals surface area contributed by atoms with Crippen LogP contribution in [0.5, 0.6) is 0 Å². The summed E-state index contributed by atoms with van der Waals surface area (Å²) in [5.41, 5.74) is 6.84. The zero-order valence-corrected chi connectivity index (χ0v) is 19.7. The van der Waals surface area contributed by atoms with Crippen molar-refractivity contribution in [3.05, 3.63) is 100 Å². The molecular weight excluding hydrogens is 470 g/mol. The van der Waals surface area contributed by atoms with E-state index in [0.29, 0.717) is 5.92 Å². The van der Waals surface area contributed by atoms with Crippen molar-refractivity contribution in [2.24, 2.45) is 5.92 Å². The van der Waals surface area contributed by atoms with Crippen LogP contribution in [0.25, 0.3) is 16.7 Å². The summed E-state index contributed by atoms with van der Waals surface area (Å²) in [6, 6.07) is 22.3. The molecular formula is C23H18Cl2SZr. The summed E-state index contributed by atoms with van der Waals surface area (Å²) in [6.07, 6.45) is 8.62. The molecule has 1 heterocycles. The molecule has 4 heteroatoms. The second-order valence-electron chi connectivity index (χ2n) is 6.10. The van der Waals surface area contributed by atoms with E-state index in [1.807, 2.05) is 6.07 Å². The van der Waals surface area contributed by atoms with Crippen molar-refractivity contribution in [1.29, 1.82) is 0 Å². The van der Waals surface area contributed by atoms with Crippen LogP contribution in [0.4, 0.5) is 0 Å². The smallest absolute Gasteiger partial charge is 1.00 e. The summed E-state index contributed by atoms with van der Waals surface area (Å²) in [5, 5.41) is 2.10. The number of allylic oxidation sites excluding steroid dienone is 4. The zero-order valence-electron chi connectivity index (χ0n) is 14.9. The molecule has 0 radical (unpaired) electrons. The third-order valence-electron chi connectivity index (χ3n) is 4.35. The number of fused-ring (bicyclic) bond motifs is 3. The number of hydrogen-bond donors (Lipinski definition) is 0. The van der Waals surface area contributed by atoms with Crippen LogP contribution in [-0.4, -0.2) is 0 Å². The van der Waals surface area contributed by atoms with Crippen molar-refractivity contribution in [3.63, 3.8) is 0 Å². The number of rotatable bonds is 1. The Morgan fingerprint density at radius 1 is 0.963 bits per heavy atom. The first kappa shape index (κ1) is 24.1. The molecule has 0 amide bonds. The Balaban J connectivity index is 0.000000246. The number of thiophene rings is 1. The quantitative estimate of drug-likeness (QED) is 0.336. The zero-order chi connectivity index (χ0) is 16.4. The van der Waals surface area contributed by atoms with Crippen LogP contribution in [0.1, 0.15) is 22.9 Å². The van der Waals surface area contributed by atoms with Crippen LogP contribution in [0.2, 0.25) is 0 Å². The van der Waals surface area contributed by atoms with Crippen LogP contribution in [-0.2, 0) is 32.6 Å². The normalized spacial score (nSPS) is 15.0. The summed E-state index contributed by atoms with van der Waals surface area (Å²) < 4.78 is 0. The molecule has 2 aliphatic rings. The van der Waals surface area contributed by atoms with E-state index >= 15 is 0 Å². The van der Waals surface area contributed by atoms with E-state index in [1.165, 1.54) is 32.7 Å². The van der Waals surface area contributed by atoms with Gasteiger partial charge in [-0.1, -0.05) is 60.4 Å². The Morgan fingerprint density at radius 3 is 2.44 bits per heavy atom. The van der Waals surface area contributed by atoms with Gasteiger partial charge in [0.25, 0.3) is 0 Å². The van der Waals surface area contributed by atoms with E-state index in [-0.39, 0.29) is 51.0 Å². The fraction of sp³-hybridized carbons (Fsp3) is 0.130. The Labute approximate surface area is 197 Å². The van der Waals surface area contributed by atoms with Gasteiger partial charge in [0.2, 0.25) is 0 Å². The van der Waals surface area contributed by atoms with E-state index in [2.05, 4.69) is 85.1 Å². The molecule has 0 bridgehead atoms. The molecule has 0 N–H and O–H groups in total. The molecule has 1 unspecified atom stereocenters. The van der Waals surface area contributed by atoms with Gasteiger partial charge < -0.3 is 24.8 Å². The van der Waals surface area contributed by atoms with Crippen LogP contribution in [0.3, 0.4) is 0 Å². The standard InChI is InChI=1S/C13H9.C10H9S.2ClH.Zr/c1-3-7-12-10(5-1)9-11-6-2-4-8-13(11)12;1-8-4-5-9(7-8)10-3-2-6-11-10;;;/h1-5,7-8H,9H2;2-3,5-8H,1H3;2*1H;/q2*-1;;;+4/p-2. The van der Waals surface area contributed by atoms with Gasteiger partial charge in [-0.25, -0.2) is 6.08 Å². The molecule has 134 valence electrons. The van der Waals surface area contributed by atoms with E-state index in [0.717, 1.165) is 6.42 Å². The molecule has 27 heavy (non-hydrogen) atoms. The third kappa shape index (κ3) is 5.55. The molecule has 3 aromatic rings. The summed E-state index contributed by atoms with van der Waals surface area (Å²) in [7, 11) is 0. The minimum Gasteiger partial charge on any atom is -1.00 e. The predicted octanol–water partition coefficient (Wildman–Crippen LogP) is 0.204. The second kappa shape index (κ2) is 11.2. The molecule has 2 aliphatic carbocycles. The first-order valence-corrected chi connectivity index (χ1v) is 9.12.